The largest absolute Gasteiger partial charge is 0.481 e. The van der Waals surface area contributed by atoms with Crippen LogP contribution in [0.5, 0.6) is 0 Å². The number of amides is 1. The first-order valence-corrected chi connectivity index (χ1v) is 15.5. The second-order valence-corrected chi connectivity index (χ2v) is 12.8. The van der Waals surface area contributed by atoms with Gasteiger partial charge in [-0.15, -0.1) is 0 Å². The summed E-state index contributed by atoms with van der Waals surface area (Å²) in [6.07, 6.45) is 0.933. The molecule has 4 rings (SSSR count). The number of aliphatic hydroxyl groups excluding tert-OH is 1. The van der Waals surface area contributed by atoms with Crippen molar-refractivity contribution < 1.29 is 38.8 Å². The smallest absolute Gasteiger partial charge is 0.323 e. The molecular weight excluding hydrogens is 564 g/mol. The van der Waals surface area contributed by atoms with Gasteiger partial charge in [-0.2, -0.15) is 0 Å². The molecule has 2 aliphatic heterocycles. The SMILES string of the molecule is C[C@@H]1[C@H](CN2CCC[C@H]2C(=O)OC(C)(C)C)O[C@H](c2ccc(CNC(=O)CCCC(=O)O)cc2)O[C@@H]1c1ccc(CO)cc1. The van der Waals surface area contributed by atoms with Gasteiger partial charge >= 0.3 is 11.9 Å². The van der Waals surface area contributed by atoms with Gasteiger partial charge in [0.25, 0.3) is 0 Å². The summed E-state index contributed by atoms with van der Waals surface area (Å²) in [5.41, 5.74) is 2.99. The van der Waals surface area contributed by atoms with E-state index in [1.165, 1.54) is 0 Å². The molecule has 3 N–H and O–H groups in total. The molecule has 5 atom stereocenters. The molecule has 2 heterocycles. The van der Waals surface area contributed by atoms with Crippen LogP contribution >= 0.6 is 0 Å². The summed E-state index contributed by atoms with van der Waals surface area (Å²) in [7, 11) is 0. The fraction of sp³-hybridized carbons (Fsp3) is 0.559. The van der Waals surface area contributed by atoms with Crippen LogP contribution in [0.4, 0.5) is 0 Å². The van der Waals surface area contributed by atoms with Crippen LogP contribution in [-0.4, -0.2) is 63.8 Å². The maximum atomic E-state index is 13.0. The molecule has 0 aromatic heterocycles. The minimum atomic E-state index is -0.912. The van der Waals surface area contributed by atoms with Crippen LogP contribution in [0.15, 0.2) is 48.5 Å². The van der Waals surface area contributed by atoms with Crippen LogP contribution < -0.4 is 5.32 Å². The molecule has 240 valence electrons. The highest BCUT2D eigenvalue weighted by Gasteiger charge is 2.42. The lowest BCUT2D eigenvalue weighted by atomic mass is 9.90. The number of nitrogens with zero attached hydrogens (tertiary/aromatic N) is 1. The topological polar surface area (TPSA) is 135 Å². The molecule has 2 aliphatic rings. The standard InChI is InChI=1S/C34H46N2O8/c1-22-28(20-36-18-6-7-27(36)32(41)44-34(2,3)4)42-33(43-31(22)25-14-12-24(21-37)13-15-25)26-16-10-23(11-17-26)19-35-29(38)8-5-9-30(39)40/h10-17,22,27-28,31,33,37H,5-9,18-21H2,1-4H3,(H,35,38)(H,39,40)/t22-,27+,28+,31+,33+/m1/s1. The highest BCUT2D eigenvalue weighted by Crippen LogP contribution is 2.42. The van der Waals surface area contributed by atoms with Gasteiger partial charge in [0.05, 0.1) is 18.8 Å². The summed E-state index contributed by atoms with van der Waals surface area (Å²) in [6.45, 7) is 9.39. The zero-order valence-corrected chi connectivity index (χ0v) is 26.2. The molecule has 10 heteroatoms. The molecule has 44 heavy (non-hydrogen) atoms. The fourth-order valence-corrected chi connectivity index (χ4v) is 5.72. The molecule has 2 fully saturated rings. The summed E-state index contributed by atoms with van der Waals surface area (Å²) < 4.78 is 18.9. The van der Waals surface area contributed by atoms with Crippen molar-refractivity contribution in [1.29, 1.82) is 0 Å². The van der Waals surface area contributed by atoms with E-state index in [1.54, 1.807) is 0 Å². The Labute approximate surface area is 259 Å². The average molecular weight is 611 g/mol. The van der Waals surface area contributed by atoms with Gasteiger partial charge in [-0.3, -0.25) is 19.3 Å². The molecule has 0 unspecified atom stereocenters. The lowest BCUT2D eigenvalue weighted by Crippen LogP contribution is -2.48. The van der Waals surface area contributed by atoms with Crippen molar-refractivity contribution in [3.63, 3.8) is 0 Å². The number of hydrogen-bond acceptors (Lipinski definition) is 8. The van der Waals surface area contributed by atoms with E-state index in [2.05, 4.69) is 17.1 Å². The highest BCUT2D eigenvalue weighted by atomic mass is 16.7. The van der Waals surface area contributed by atoms with Crippen LogP contribution in [-0.2, 0) is 41.7 Å². The molecule has 2 aromatic carbocycles. The molecule has 1 amide bonds. The Hall–Kier alpha value is -3.31. The first-order chi connectivity index (χ1) is 20.9. The van der Waals surface area contributed by atoms with Gasteiger partial charge in [-0.1, -0.05) is 55.5 Å². The van der Waals surface area contributed by atoms with E-state index in [4.69, 9.17) is 19.3 Å². The normalized spacial score (nSPS) is 24.2. The Balaban J connectivity index is 1.48. The van der Waals surface area contributed by atoms with E-state index in [1.807, 2.05) is 69.3 Å². The van der Waals surface area contributed by atoms with Gasteiger partial charge < -0.3 is 29.7 Å². The predicted octanol–water partition coefficient (Wildman–Crippen LogP) is 4.65. The van der Waals surface area contributed by atoms with E-state index in [9.17, 15) is 19.5 Å². The Morgan fingerprint density at radius 2 is 1.64 bits per heavy atom. The Morgan fingerprint density at radius 3 is 2.27 bits per heavy atom. The van der Waals surface area contributed by atoms with Crippen LogP contribution in [0, 0.1) is 5.92 Å². The van der Waals surface area contributed by atoms with Crippen molar-refractivity contribution in [3.8, 4) is 0 Å². The Morgan fingerprint density at radius 1 is 0.977 bits per heavy atom. The number of esters is 1. The number of aliphatic hydroxyl groups is 1. The number of likely N-dealkylation sites (tertiary alicyclic amines) is 1. The Kier molecular flexibility index (Phi) is 11.5. The second kappa shape index (κ2) is 15.1. The third kappa shape index (κ3) is 9.34. The zero-order chi connectivity index (χ0) is 31.9. The molecule has 0 radical (unpaired) electrons. The average Bonchev–Trinajstić information content (AvgIpc) is 3.45. The number of carbonyl (C=O) groups excluding carboxylic acids is 2. The molecule has 2 saturated heterocycles. The van der Waals surface area contributed by atoms with Gasteiger partial charge in [0, 0.05) is 37.4 Å². The van der Waals surface area contributed by atoms with Gasteiger partial charge in [0.2, 0.25) is 5.91 Å². The lowest BCUT2D eigenvalue weighted by molar-refractivity contribution is -0.276. The van der Waals surface area contributed by atoms with Gasteiger partial charge in [-0.05, 0) is 63.3 Å². The molecule has 0 aliphatic carbocycles. The second-order valence-electron chi connectivity index (χ2n) is 12.8. The number of benzene rings is 2. The summed E-state index contributed by atoms with van der Waals surface area (Å²) >= 11 is 0. The quantitative estimate of drug-likeness (QED) is 0.294. The summed E-state index contributed by atoms with van der Waals surface area (Å²) in [5.74, 6) is -1.33. The summed E-state index contributed by atoms with van der Waals surface area (Å²) in [4.78, 5) is 38.0. The number of hydrogen-bond donors (Lipinski definition) is 3. The van der Waals surface area contributed by atoms with E-state index >= 15 is 0 Å². The molecule has 10 nitrogen and oxygen atoms in total. The van der Waals surface area contributed by atoms with Crippen molar-refractivity contribution in [3.05, 3.63) is 70.8 Å². The number of nitrogens with one attached hydrogen (secondary N) is 1. The van der Waals surface area contributed by atoms with Crippen molar-refractivity contribution in [2.24, 2.45) is 5.92 Å². The minimum absolute atomic E-state index is 0.0262. The monoisotopic (exact) mass is 610 g/mol. The van der Waals surface area contributed by atoms with Crippen molar-refractivity contribution >= 4 is 17.8 Å². The van der Waals surface area contributed by atoms with Crippen LogP contribution in [0.2, 0.25) is 0 Å². The van der Waals surface area contributed by atoms with E-state index in [-0.39, 0.29) is 55.5 Å². The van der Waals surface area contributed by atoms with Crippen LogP contribution in [0.25, 0.3) is 0 Å². The van der Waals surface area contributed by atoms with E-state index in [0.29, 0.717) is 19.5 Å². The zero-order valence-electron chi connectivity index (χ0n) is 26.2. The van der Waals surface area contributed by atoms with Gasteiger partial charge in [-0.25, -0.2) is 0 Å². The highest BCUT2D eigenvalue weighted by molar-refractivity contribution is 5.77. The number of rotatable bonds is 12. The number of aliphatic carboxylic acids is 1. The molecule has 0 spiro atoms. The van der Waals surface area contributed by atoms with Crippen LogP contribution in [0.1, 0.15) is 94.4 Å². The lowest BCUT2D eigenvalue weighted by Gasteiger charge is -2.43. The number of carbonyl (C=O) groups is 3. The van der Waals surface area contributed by atoms with Crippen LogP contribution in [0.3, 0.4) is 0 Å². The summed E-state index contributed by atoms with van der Waals surface area (Å²) in [5, 5.41) is 21.1. The van der Waals surface area contributed by atoms with E-state index < -0.39 is 17.9 Å². The summed E-state index contributed by atoms with van der Waals surface area (Å²) in [6, 6.07) is 15.1. The maximum absolute atomic E-state index is 13.0. The van der Waals surface area contributed by atoms with Crippen molar-refractivity contribution in [1.82, 2.24) is 10.2 Å². The van der Waals surface area contributed by atoms with Crippen molar-refractivity contribution in [2.75, 3.05) is 13.1 Å². The van der Waals surface area contributed by atoms with Gasteiger partial charge in [0.15, 0.2) is 6.29 Å². The Bertz CT molecular complexity index is 1260. The fourth-order valence-electron chi connectivity index (χ4n) is 5.72. The third-order valence-electron chi connectivity index (χ3n) is 8.12. The first kappa shape index (κ1) is 33.6. The maximum Gasteiger partial charge on any atom is 0.323 e. The molecule has 2 aromatic rings. The number of carboxylic acid groups (broad SMARTS) is 1. The molecule has 0 saturated carbocycles. The van der Waals surface area contributed by atoms with E-state index in [0.717, 1.165) is 41.6 Å². The first-order valence-electron chi connectivity index (χ1n) is 15.5. The number of carboxylic acids is 1. The van der Waals surface area contributed by atoms with Crippen molar-refractivity contribution in [2.45, 2.75) is 103 Å². The third-order valence-corrected chi connectivity index (χ3v) is 8.12. The molecular formula is C34H46N2O8. The predicted molar refractivity (Wildman–Crippen MR) is 163 cm³/mol. The number of ether oxygens (including phenoxy) is 3. The minimum Gasteiger partial charge on any atom is -0.481 e. The molecule has 0 bridgehead atoms. The van der Waals surface area contributed by atoms with Gasteiger partial charge in [0.1, 0.15) is 11.6 Å².